The molecular weight excluding hydrogens is 462 g/mol. The minimum absolute atomic E-state index is 0.0356. The third kappa shape index (κ3) is 4.64. The van der Waals surface area contributed by atoms with Gasteiger partial charge in [-0.05, 0) is 71.5 Å². The largest absolute Gasteiger partial charge is 0.493 e. The number of amides is 1. The second kappa shape index (κ2) is 10.2. The highest BCUT2D eigenvalue weighted by Crippen LogP contribution is 2.39. The van der Waals surface area contributed by atoms with Crippen LogP contribution in [0.3, 0.4) is 0 Å². The molecular formula is C31H27N3O3. The van der Waals surface area contributed by atoms with Gasteiger partial charge in [0.05, 0.1) is 42.6 Å². The highest BCUT2D eigenvalue weighted by atomic mass is 16.5. The van der Waals surface area contributed by atoms with Gasteiger partial charge in [-0.3, -0.25) is 4.79 Å². The minimum Gasteiger partial charge on any atom is -0.493 e. The van der Waals surface area contributed by atoms with Gasteiger partial charge in [-0.15, -0.1) is 0 Å². The SMILES string of the molecule is COc1ccc(/C=C2/CCc3c2nc2ccccc2c3C(=O)N(C)Cc2ccc(C#N)cc2)cc1OC. The summed E-state index contributed by atoms with van der Waals surface area (Å²) in [5, 5.41) is 9.93. The third-order valence-corrected chi connectivity index (χ3v) is 6.75. The number of methoxy groups -OCH3 is 2. The maximum Gasteiger partial charge on any atom is 0.254 e. The van der Waals surface area contributed by atoms with Crippen LogP contribution >= 0.6 is 0 Å². The van der Waals surface area contributed by atoms with Crippen LogP contribution < -0.4 is 9.47 Å². The Labute approximate surface area is 216 Å². The molecule has 0 unspecified atom stereocenters. The van der Waals surface area contributed by atoms with E-state index in [1.807, 2.05) is 61.6 Å². The molecule has 3 aromatic carbocycles. The summed E-state index contributed by atoms with van der Waals surface area (Å²) < 4.78 is 10.8. The van der Waals surface area contributed by atoms with Crippen LogP contribution in [0.25, 0.3) is 22.6 Å². The standard InChI is InChI=1S/C31H27N3O3/c1-34(19-21-10-8-20(18-32)9-11-21)31(35)29-24-6-4-5-7-26(24)33-30-23(13-14-25(29)30)16-22-12-15-27(36-2)28(17-22)37-3/h4-12,15-17H,13-14,19H2,1-3H3/b23-16-. The van der Waals surface area contributed by atoms with Gasteiger partial charge in [0.25, 0.3) is 5.91 Å². The number of aromatic nitrogens is 1. The van der Waals surface area contributed by atoms with Gasteiger partial charge in [-0.25, -0.2) is 4.98 Å². The molecule has 0 spiro atoms. The predicted octanol–water partition coefficient (Wildman–Crippen LogP) is 5.88. The van der Waals surface area contributed by atoms with E-state index in [1.165, 1.54) is 0 Å². The van der Waals surface area contributed by atoms with E-state index in [1.54, 1.807) is 31.3 Å². The number of pyridine rings is 1. The van der Waals surface area contributed by atoms with Gasteiger partial charge in [0.2, 0.25) is 0 Å². The quantitative estimate of drug-likeness (QED) is 0.338. The molecule has 37 heavy (non-hydrogen) atoms. The molecule has 0 fully saturated rings. The molecule has 0 aliphatic heterocycles. The molecule has 0 bridgehead atoms. The Bertz CT molecular complexity index is 1570. The number of rotatable bonds is 6. The molecule has 6 nitrogen and oxygen atoms in total. The molecule has 0 saturated carbocycles. The Balaban J connectivity index is 1.54. The molecule has 0 radical (unpaired) electrons. The lowest BCUT2D eigenvalue weighted by atomic mass is 9.99. The number of fused-ring (bicyclic) bond motifs is 2. The summed E-state index contributed by atoms with van der Waals surface area (Å²) in [7, 11) is 5.06. The lowest BCUT2D eigenvalue weighted by Crippen LogP contribution is -2.27. The monoisotopic (exact) mass is 489 g/mol. The molecule has 1 aliphatic carbocycles. The van der Waals surface area contributed by atoms with Crippen molar-refractivity contribution >= 4 is 28.5 Å². The average Bonchev–Trinajstić information content (AvgIpc) is 3.33. The van der Waals surface area contributed by atoms with E-state index >= 15 is 0 Å². The highest BCUT2D eigenvalue weighted by Gasteiger charge is 2.28. The molecule has 1 amide bonds. The van der Waals surface area contributed by atoms with Crippen molar-refractivity contribution in [3.05, 3.63) is 100 Å². The van der Waals surface area contributed by atoms with Crippen molar-refractivity contribution in [3.63, 3.8) is 0 Å². The van der Waals surface area contributed by atoms with Crippen molar-refractivity contribution in [3.8, 4) is 17.6 Å². The number of para-hydroxylation sites is 1. The number of hydrogen-bond acceptors (Lipinski definition) is 5. The number of nitriles is 1. The zero-order valence-electron chi connectivity index (χ0n) is 21.1. The molecule has 184 valence electrons. The fourth-order valence-electron chi connectivity index (χ4n) is 4.89. The van der Waals surface area contributed by atoms with Crippen LogP contribution in [0.4, 0.5) is 0 Å². The fraction of sp³-hybridized carbons (Fsp3) is 0.194. The van der Waals surface area contributed by atoms with Crippen molar-refractivity contribution in [2.24, 2.45) is 0 Å². The third-order valence-electron chi connectivity index (χ3n) is 6.75. The number of carbonyl (C=O) groups is 1. The molecule has 1 aliphatic rings. The van der Waals surface area contributed by atoms with Gasteiger partial charge < -0.3 is 14.4 Å². The highest BCUT2D eigenvalue weighted by molar-refractivity contribution is 6.09. The Morgan fingerprint density at radius 1 is 1.03 bits per heavy atom. The molecule has 0 N–H and O–H groups in total. The first-order valence-corrected chi connectivity index (χ1v) is 12.1. The Morgan fingerprint density at radius 3 is 2.51 bits per heavy atom. The summed E-state index contributed by atoms with van der Waals surface area (Å²) in [6, 6.07) is 23.1. The molecule has 0 saturated heterocycles. The van der Waals surface area contributed by atoms with Gasteiger partial charge in [0.15, 0.2) is 11.5 Å². The normalized spacial score (nSPS) is 13.3. The molecule has 6 heteroatoms. The number of nitrogens with zero attached hydrogens (tertiary/aromatic N) is 3. The number of benzene rings is 3. The van der Waals surface area contributed by atoms with Crippen LogP contribution in [0, 0.1) is 11.3 Å². The van der Waals surface area contributed by atoms with E-state index in [2.05, 4.69) is 12.1 Å². The van der Waals surface area contributed by atoms with E-state index in [0.717, 1.165) is 51.7 Å². The molecule has 1 heterocycles. The zero-order valence-corrected chi connectivity index (χ0v) is 21.1. The first kappa shape index (κ1) is 24.1. The smallest absolute Gasteiger partial charge is 0.254 e. The van der Waals surface area contributed by atoms with Gasteiger partial charge >= 0.3 is 0 Å². The van der Waals surface area contributed by atoms with E-state index < -0.39 is 0 Å². The molecule has 5 rings (SSSR count). The van der Waals surface area contributed by atoms with Crippen LogP contribution in [-0.4, -0.2) is 37.1 Å². The Morgan fingerprint density at radius 2 is 1.78 bits per heavy atom. The van der Waals surface area contributed by atoms with E-state index in [0.29, 0.717) is 29.2 Å². The zero-order chi connectivity index (χ0) is 25.9. The van der Waals surface area contributed by atoms with Crippen molar-refractivity contribution in [1.82, 2.24) is 9.88 Å². The summed E-state index contributed by atoms with van der Waals surface area (Å²) >= 11 is 0. The molecule has 0 atom stereocenters. The van der Waals surface area contributed by atoms with Gasteiger partial charge in [-0.1, -0.05) is 36.4 Å². The van der Waals surface area contributed by atoms with E-state index in [9.17, 15) is 4.79 Å². The summed E-state index contributed by atoms with van der Waals surface area (Å²) in [5.41, 5.74) is 7.04. The number of hydrogen-bond donors (Lipinski definition) is 0. The Kier molecular flexibility index (Phi) is 6.61. The topological polar surface area (TPSA) is 75.5 Å². The second-order valence-electron chi connectivity index (χ2n) is 9.09. The number of carbonyl (C=O) groups excluding carboxylic acids is 1. The second-order valence-corrected chi connectivity index (χ2v) is 9.09. The first-order chi connectivity index (χ1) is 18.0. The minimum atomic E-state index is -0.0356. The average molecular weight is 490 g/mol. The summed E-state index contributed by atoms with van der Waals surface area (Å²) in [6.45, 7) is 0.449. The summed E-state index contributed by atoms with van der Waals surface area (Å²) in [5.74, 6) is 1.31. The van der Waals surface area contributed by atoms with E-state index in [4.69, 9.17) is 19.7 Å². The predicted molar refractivity (Wildman–Crippen MR) is 144 cm³/mol. The molecule has 1 aromatic heterocycles. The van der Waals surface area contributed by atoms with Gasteiger partial charge in [0.1, 0.15) is 0 Å². The van der Waals surface area contributed by atoms with Gasteiger partial charge in [-0.2, -0.15) is 5.26 Å². The maximum absolute atomic E-state index is 13.9. The van der Waals surface area contributed by atoms with Crippen LogP contribution in [0.1, 0.15) is 44.7 Å². The lowest BCUT2D eigenvalue weighted by molar-refractivity contribution is 0.0786. The summed E-state index contributed by atoms with van der Waals surface area (Å²) in [6.07, 6.45) is 3.66. The van der Waals surface area contributed by atoms with E-state index in [-0.39, 0.29) is 5.91 Å². The number of allylic oxidation sites excluding steroid dienone is 1. The van der Waals surface area contributed by atoms with Crippen molar-refractivity contribution in [1.29, 1.82) is 5.26 Å². The van der Waals surface area contributed by atoms with Crippen molar-refractivity contribution < 1.29 is 14.3 Å². The molecule has 4 aromatic rings. The lowest BCUT2D eigenvalue weighted by Gasteiger charge is -2.20. The van der Waals surface area contributed by atoms with Crippen molar-refractivity contribution in [2.45, 2.75) is 19.4 Å². The Hall–Kier alpha value is -4.63. The fourth-order valence-corrected chi connectivity index (χ4v) is 4.89. The maximum atomic E-state index is 13.9. The van der Waals surface area contributed by atoms with Crippen LogP contribution in [0.15, 0.2) is 66.7 Å². The summed E-state index contributed by atoms with van der Waals surface area (Å²) in [4.78, 5) is 20.6. The van der Waals surface area contributed by atoms with Gasteiger partial charge in [0, 0.05) is 19.0 Å². The van der Waals surface area contributed by atoms with Crippen LogP contribution in [0.2, 0.25) is 0 Å². The van der Waals surface area contributed by atoms with Crippen LogP contribution in [0.5, 0.6) is 11.5 Å². The number of ether oxygens (including phenoxy) is 2. The first-order valence-electron chi connectivity index (χ1n) is 12.1. The van der Waals surface area contributed by atoms with Crippen molar-refractivity contribution in [2.75, 3.05) is 21.3 Å². The van der Waals surface area contributed by atoms with Crippen LogP contribution in [-0.2, 0) is 13.0 Å².